The van der Waals surface area contributed by atoms with Crippen molar-refractivity contribution in [3.63, 3.8) is 0 Å². The van der Waals surface area contributed by atoms with Gasteiger partial charge in [0.15, 0.2) is 0 Å². The van der Waals surface area contributed by atoms with Gasteiger partial charge in [-0.3, -0.25) is 0 Å². The zero-order valence-corrected chi connectivity index (χ0v) is 5.09. The van der Waals surface area contributed by atoms with Gasteiger partial charge < -0.3 is 10.4 Å². The Hall–Kier alpha value is -0.0900. The van der Waals surface area contributed by atoms with Crippen LogP contribution in [0.25, 0.3) is 0 Å². The third kappa shape index (κ3) is 3.75. The molecule has 0 radical (unpaired) electrons. The molecule has 0 aromatic carbocycles. The van der Waals surface area contributed by atoms with Crippen LogP contribution >= 0.6 is 15.9 Å². The van der Waals surface area contributed by atoms with E-state index in [0.29, 0.717) is 0 Å². The molecule has 0 aliphatic rings. The van der Waals surface area contributed by atoms with Crippen LogP contribution in [0.4, 0.5) is 0 Å². The van der Waals surface area contributed by atoms with Crippen molar-refractivity contribution in [1.29, 1.82) is 0 Å². The highest BCUT2D eigenvalue weighted by Gasteiger charge is 2.01. The van der Waals surface area contributed by atoms with Gasteiger partial charge in [0.05, 0.1) is 6.61 Å². The van der Waals surface area contributed by atoms with E-state index in [1.54, 1.807) is 0 Å². The fraction of sp³-hybridized carbons (Fsp3) is 0.667. The van der Waals surface area contributed by atoms with Crippen molar-refractivity contribution in [2.75, 3.05) is 6.61 Å². The molecule has 1 N–H and O–H groups in total. The van der Waals surface area contributed by atoms with E-state index in [-0.39, 0.29) is 11.4 Å². The molecule has 42 valence electrons. The minimum absolute atomic E-state index is 0.123. The van der Waals surface area contributed by atoms with E-state index >= 15 is 0 Å². The number of aliphatic hydroxyl groups excluding tert-OH is 1. The van der Waals surface area contributed by atoms with Gasteiger partial charge in [-0.05, 0) is 0 Å². The summed E-state index contributed by atoms with van der Waals surface area (Å²) in [4.78, 5) is -0.343. The predicted molar refractivity (Wildman–Crippen MR) is 25.9 cm³/mol. The molecule has 1 unspecified atom stereocenters. The maximum Gasteiger partial charge on any atom is 0.334 e. The molecule has 0 spiro atoms. The Morgan fingerprint density at radius 3 is 2.71 bits per heavy atom. The van der Waals surface area contributed by atoms with Gasteiger partial charge in [-0.25, -0.2) is 0 Å². The first kappa shape index (κ1) is 6.91. The van der Waals surface area contributed by atoms with Crippen molar-refractivity contribution < 1.29 is 14.9 Å². The predicted octanol–water partition coefficient (Wildman–Crippen LogP) is -1.25. The van der Waals surface area contributed by atoms with Crippen molar-refractivity contribution in [3.8, 4) is 0 Å². The molecule has 0 aliphatic carbocycles. The molecule has 0 aliphatic heterocycles. The molecule has 0 rings (SSSR count). The highest BCUT2D eigenvalue weighted by molar-refractivity contribution is 9.10. The monoisotopic (exact) mass is 168 g/mol. The van der Waals surface area contributed by atoms with E-state index in [2.05, 4.69) is 20.5 Å². The second-order valence-electron chi connectivity index (χ2n) is 0.931. The smallest absolute Gasteiger partial charge is 0.334 e. The van der Waals surface area contributed by atoms with Crippen LogP contribution < -0.4 is 5.26 Å². The summed E-state index contributed by atoms with van der Waals surface area (Å²) in [7, 11) is 0. The number of rotatable bonds is 2. The highest BCUT2D eigenvalue weighted by Crippen LogP contribution is 1.89. The van der Waals surface area contributed by atoms with Gasteiger partial charge in [0, 0.05) is 0 Å². The first-order chi connectivity index (χ1) is 3.31. The molecule has 0 saturated heterocycles. The lowest BCUT2D eigenvalue weighted by Gasteiger charge is -1.84. The number of hydrogen-bond acceptors (Lipinski definition) is 2. The molecule has 3 nitrogen and oxygen atoms in total. The van der Waals surface area contributed by atoms with Gasteiger partial charge in [0.25, 0.3) is 0 Å². The van der Waals surface area contributed by atoms with Crippen LogP contribution in [0.1, 0.15) is 0 Å². The van der Waals surface area contributed by atoms with E-state index in [0.717, 1.165) is 6.29 Å². The van der Waals surface area contributed by atoms with E-state index in [1.807, 2.05) is 0 Å². The molecule has 4 heteroatoms. The molecular formula is C3H5BrO3. The van der Waals surface area contributed by atoms with E-state index in [4.69, 9.17) is 5.11 Å². The first-order valence-electron chi connectivity index (χ1n) is 1.68. The number of alkyl halides is 1. The third-order valence-corrected chi connectivity index (χ3v) is 0.883. The number of aliphatic hydroxyl groups is 1. The maximum absolute atomic E-state index is 9.20. The lowest BCUT2D eigenvalue weighted by Crippen LogP contribution is -2.10. The second kappa shape index (κ2) is 4.08. The summed E-state index contributed by atoms with van der Waals surface area (Å²) in [5.41, 5.74) is 0. The van der Waals surface area contributed by atoms with Crippen molar-refractivity contribution >= 4 is 22.2 Å². The van der Waals surface area contributed by atoms with Crippen molar-refractivity contribution in [1.82, 2.24) is 0 Å². The van der Waals surface area contributed by atoms with Gasteiger partial charge in [-0.1, -0.05) is 15.9 Å². The van der Waals surface area contributed by atoms with E-state index in [9.17, 15) is 5.26 Å². The molecule has 0 heterocycles. The van der Waals surface area contributed by atoms with E-state index in [1.165, 1.54) is 0 Å². The lowest BCUT2D eigenvalue weighted by atomic mass is 10.5. The molecule has 0 aromatic heterocycles. The largest absolute Gasteiger partial charge is 0.463 e. The van der Waals surface area contributed by atoms with E-state index < -0.39 is 0 Å². The normalized spacial score (nSPS) is 15.1. The Labute approximate surface area is 49.3 Å². The Morgan fingerprint density at radius 2 is 2.57 bits per heavy atom. The van der Waals surface area contributed by atoms with Crippen LogP contribution in [0.3, 0.4) is 0 Å². The zero-order chi connectivity index (χ0) is 5.70. The molecule has 7 heavy (non-hydrogen) atoms. The summed E-state index contributed by atoms with van der Waals surface area (Å²) in [6.07, 6.45) is 0.958. The standard InChI is InChI=1S/C3H5BrO3/c4-3(1-5)2-7-6/h2-3,5H,1H2. The van der Waals surface area contributed by atoms with Crippen molar-refractivity contribution in [2.45, 2.75) is 4.83 Å². The van der Waals surface area contributed by atoms with Crippen LogP contribution in [0, 0.1) is 0 Å². The number of halogens is 1. The number of hydrogen-bond donors (Lipinski definition) is 1. The Morgan fingerprint density at radius 1 is 2.00 bits per heavy atom. The van der Waals surface area contributed by atoms with Gasteiger partial charge >= 0.3 is 6.29 Å². The van der Waals surface area contributed by atoms with Gasteiger partial charge in [-0.2, -0.15) is 4.58 Å². The fourth-order valence-electron chi connectivity index (χ4n) is 0.103. The van der Waals surface area contributed by atoms with Gasteiger partial charge in [-0.15, -0.1) is 0 Å². The fourth-order valence-corrected chi connectivity index (χ4v) is 0.191. The Balaban J connectivity index is 3.16. The molecule has 0 amide bonds. The first-order valence-corrected chi connectivity index (χ1v) is 2.59. The lowest BCUT2D eigenvalue weighted by molar-refractivity contribution is -1.04. The maximum atomic E-state index is 9.20. The highest BCUT2D eigenvalue weighted by atomic mass is 79.9. The van der Waals surface area contributed by atoms with Crippen LogP contribution in [0.5, 0.6) is 0 Å². The number of carbonyl (C=O) groups excluding carboxylic acids is 1. The summed E-state index contributed by atoms with van der Waals surface area (Å²) in [6, 6.07) is 0. The van der Waals surface area contributed by atoms with Gasteiger partial charge in [0.2, 0.25) is 0 Å². The molecule has 0 bridgehead atoms. The summed E-state index contributed by atoms with van der Waals surface area (Å²) in [5.74, 6) is 0. The van der Waals surface area contributed by atoms with Crippen LogP contribution in [0.2, 0.25) is 0 Å². The van der Waals surface area contributed by atoms with Gasteiger partial charge in [0.1, 0.15) is 4.83 Å². The summed E-state index contributed by atoms with van der Waals surface area (Å²) < 4.78 is 3.31. The quantitative estimate of drug-likeness (QED) is 0.184. The van der Waals surface area contributed by atoms with Crippen LogP contribution in [-0.2, 0) is 4.58 Å². The second-order valence-corrected chi connectivity index (χ2v) is 2.11. The molecule has 0 saturated carbocycles. The topological polar surface area (TPSA) is 54.6 Å². The Kier molecular flexibility index (Phi) is 4.03. The minimum Gasteiger partial charge on any atom is -0.463 e. The van der Waals surface area contributed by atoms with Crippen LogP contribution in [-0.4, -0.2) is 22.8 Å². The number of aldehydes is 1. The molecular weight excluding hydrogens is 164 g/mol. The third-order valence-electron chi connectivity index (χ3n) is 0.378. The van der Waals surface area contributed by atoms with Crippen molar-refractivity contribution in [3.05, 3.63) is 0 Å². The van der Waals surface area contributed by atoms with Crippen LogP contribution in [0.15, 0.2) is 0 Å². The Bertz CT molecular complexity index is 63.2. The molecule has 1 atom stereocenters. The zero-order valence-electron chi connectivity index (χ0n) is 3.50. The summed E-state index contributed by atoms with van der Waals surface area (Å²) in [6.45, 7) is -0.123. The minimum atomic E-state index is -0.343. The molecule has 0 aromatic rings. The summed E-state index contributed by atoms with van der Waals surface area (Å²) in [5, 5.41) is 17.4. The average molecular weight is 169 g/mol. The summed E-state index contributed by atoms with van der Waals surface area (Å²) >= 11 is 2.91. The SMILES string of the molecule is [O-][O+]=CC(Br)CO. The molecule has 0 fully saturated rings. The average Bonchev–Trinajstić information content (AvgIpc) is 1.68. The van der Waals surface area contributed by atoms with Crippen molar-refractivity contribution in [2.24, 2.45) is 0 Å².